The van der Waals surface area contributed by atoms with Crippen LogP contribution in [0.4, 0.5) is 0 Å². The van der Waals surface area contributed by atoms with Gasteiger partial charge in [-0.25, -0.2) is 0 Å². The molecule has 0 aromatic heterocycles. The molecule has 4 fully saturated rings. The zero-order valence-corrected chi connectivity index (χ0v) is 14.1. The summed E-state index contributed by atoms with van der Waals surface area (Å²) in [5.41, 5.74) is 5.82. The molecule has 0 radical (unpaired) electrons. The average Bonchev–Trinajstić information content (AvgIpc) is 3.28. The van der Waals surface area contributed by atoms with Gasteiger partial charge in [-0.1, -0.05) is 0 Å². The SMILES string of the molecule is NC(=O)C1CCNC2(C1)CC2C1CCC(N2CCOCC2)CC1. The second-order valence-electron chi connectivity index (χ2n) is 8.20. The second kappa shape index (κ2) is 6.34. The summed E-state index contributed by atoms with van der Waals surface area (Å²) in [6.07, 6.45) is 8.58. The zero-order chi connectivity index (χ0) is 15.9. The first kappa shape index (κ1) is 15.9. The van der Waals surface area contributed by atoms with Crippen LogP contribution >= 0.6 is 0 Å². The third-order valence-electron chi connectivity index (χ3n) is 6.99. The molecule has 2 aliphatic heterocycles. The molecule has 0 aromatic rings. The van der Waals surface area contributed by atoms with Gasteiger partial charge in [0.2, 0.25) is 5.91 Å². The van der Waals surface area contributed by atoms with Gasteiger partial charge in [-0.15, -0.1) is 0 Å². The Morgan fingerprint density at radius 1 is 1.09 bits per heavy atom. The van der Waals surface area contributed by atoms with E-state index in [2.05, 4.69) is 10.2 Å². The molecule has 2 heterocycles. The van der Waals surface area contributed by atoms with E-state index < -0.39 is 0 Å². The summed E-state index contributed by atoms with van der Waals surface area (Å²) >= 11 is 0. The summed E-state index contributed by atoms with van der Waals surface area (Å²) in [6.45, 7) is 5.01. The first-order chi connectivity index (χ1) is 11.2. The van der Waals surface area contributed by atoms with Gasteiger partial charge in [0, 0.05) is 30.6 Å². The van der Waals surface area contributed by atoms with Crippen molar-refractivity contribution in [2.75, 3.05) is 32.8 Å². The standard InChI is InChI=1S/C18H31N3O2/c19-17(22)14-5-6-20-18(11-14)12-16(18)13-1-3-15(4-2-13)21-7-9-23-10-8-21/h13-16,20H,1-12H2,(H2,19,22). The minimum atomic E-state index is -0.0902. The molecule has 4 aliphatic rings. The van der Waals surface area contributed by atoms with Crippen molar-refractivity contribution in [2.45, 2.75) is 56.5 Å². The molecule has 2 saturated carbocycles. The smallest absolute Gasteiger partial charge is 0.220 e. The lowest BCUT2D eigenvalue weighted by molar-refractivity contribution is -0.123. The predicted molar refractivity (Wildman–Crippen MR) is 88.9 cm³/mol. The van der Waals surface area contributed by atoms with Crippen LogP contribution in [0.25, 0.3) is 0 Å². The van der Waals surface area contributed by atoms with Crippen LogP contribution in [0.3, 0.4) is 0 Å². The van der Waals surface area contributed by atoms with Crippen LogP contribution in [0.2, 0.25) is 0 Å². The highest BCUT2D eigenvalue weighted by Crippen LogP contribution is 2.57. The van der Waals surface area contributed by atoms with Crippen molar-refractivity contribution < 1.29 is 9.53 Å². The highest BCUT2D eigenvalue weighted by molar-refractivity contribution is 5.77. The number of rotatable bonds is 3. The van der Waals surface area contributed by atoms with Crippen molar-refractivity contribution in [1.82, 2.24) is 10.2 Å². The van der Waals surface area contributed by atoms with Gasteiger partial charge in [0.05, 0.1) is 13.2 Å². The van der Waals surface area contributed by atoms with Crippen LogP contribution in [0.15, 0.2) is 0 Å². The number of ether oxygens (including phenoxy) is 1. The normalized spacial score (nSPS) is 45.0. The highest BCUT2D eigenvalue weighted by atomic mass is 16.5. The summed E-state index contributed by atoms with van der Waals surface area (Å²) < 4.78 is 5.48. The molecule has 5 nitrogen and oxygen atoms in total. The Morgan fingerprint density at radius 3 is 2.52 bits per heavy atom. The maximum absolute atomic E-state index is 11.5. The summed E-state index contributed by atoms with van der Waals surface area (Å²) in [4.78, 5) is 14.2. The number of hydrogen-bond acceptors (Lipinski definition) is 4. The Bertz CT molecular complexity index is 444. The fourth-order valence-electron chi connectivity index (χ4n) is 5.55. The fraction of sp³-hybridized carbons (Fsp3) is 0.944. The molecule has 3 N–H and O–H groups in total. The molecule has 4 rings (SSSR count). The predicted octanol–water partition coefficient (Wildman–Crippen LogP) is 1.12. The molecule has 5 heteroatoms. The van der Waals surface area contributed by atoms with Crippen LogP contribution in [0.1, 0.15) is 44.9 Å². The van der Waals surface area contributed by atoms with E-state index in [0.29, 0.717) is 0 Å². The summed E-state index contributed by atoms with van der Waals surface area (Å²) in [5.74, 6) is 1.65. The van der Waals surface area contributed by atoms with Crippen LogP contribution in [-0.4, -0.2) is 55.2 Å². The van der Waals surface area contributed by atoms with Gasteiger partial charge in [-0.05, 0) is 63.3 Å². The molecule has 0 aromatic carbocycles. The third-order valence-corrected chi connectivity index (χ3v) is 6.99. The number of carbonyl (C=O) groups is 1. The van der Waals surface area contributed by atoms with Gasteiger partial charge in [-0.2, -0.15) is 0 Å². The number of nitrogens with one attached hydrogen (secondary N) is 1. The van der Waals surface area contributed by atoms with Crippen molar-refractivity contribution in [2.24, 2.45) is 23.5 Å². The minimum Gasteiger partial charge on any atom is -0.379 e. The number of morpholine rings is 1. The monoisotopic (exact) mass is 321 g/mol. The minimum absolute atomic E-state index is 0.0902. The quantitative estimate of drug-likeness (QED) is 0.817. The van der Waals surface area contributed by atoms with Crippen molar-refractivity contribution in [3.63, 3.8) is 0 Å². The molecular weight excluding hydrogens is 290 g/mol. The Balaban J connectivity index is 1.29. The van der Waals surface area contributed by atoms with Gasteiger partial charge < -0.3 is 15.8 Å². The summed E-state index contributed by atoms with van der Waals surface area (Å²) in [7, 11) is 0. The van der Waals surface area contributed by atoms with Gasteiger partial charge in [0.15, 0.2) is 0 Å². The van der Waals surface area contributed by atoms with E-state index in [4.69, 9.17) is 10.5 Å². The van der Waals surface area contributed by atoms with Gasteiger partial charge >= 0.3 is 0 Å². The Hall–Kier alpha value is -0.650. The van der Waals surface area contributed by atoms with Crippen LogP contribution in [0, 0.1) is 17.8 Å². The van der Waals surface area contributed by atoms with Crippen molar-refractivity contribution in [1.29, 1.82) is 0 Å². The largest absolute Gasteiger partial charge is 0.379 e. The molecule has 3 unspecified atom stereocenters. The van der Waals surface area contributed by atoms with Gasteiger partial charge in [0.1, 0.15) is 0 Å². The molecule has 130 valence electrons. The van der Waals surface area contributed by atoms with Gasteiger partial charge in [0.25, 0.3) is 0 Å². The van der Waals surface area contributed by atoms with E-state index in [9.17, 15) is 4.79 Å². The molecule has 2 aliphatic carbocycles. The van der Waals surface area contributed by atoms with E-state index in [1.165, 1.54) is 32.1 Å². The number of primary amides is 1. The van der Waals surface area contributed by atoms with Crippen molar-refractivity contribution in [3.8, 4) is 0 Å². The summed E-state index contributed by atoms with van der Waals surface area (Å²) in [5, 5.41) is 3.74. The van der Waals surface area contributed by atoms with Crippen molar-refractivity contribution >= 4 is 5.91 Å². The van der Waals surface area contributed by atoms with Crippen molar-refractivity contribution in [3.05, 3.63) is 0 Å². The number of nitrogens with two attached hydrogens (primary N) is 1. The van der Waals surface area contributed by atoms with Crippen LogP contribution < -0.4 is 11.1 Å². The Morgan fingerprint density at radius 2 is 1.83 bits per heavy atom. The van der Waals surface area contributed by atoms with Crippen LogP contribution in [0.5, 0.6) is 0 Å². The lowest BCUT2D eigenvalue weighted by atomic mass is 9.79. The third kappa shape index (κ3) is 3.15. The fourth-order valence-corrected chi connectivity index (χ4v) is 5.55. The van der Waals surface area contributed by atoms with Crippen LogP contribution in [-0.2, 0) is 9.53 Å². The number of hydrogen-bond donors (Lipinski definition) is 2. The zero-order valence-electron chi connectivity index (χ0n) is 14.1. The highest BCUT2D eigenvalue weighted by Gasteiger charge is 2.59. The Labute approximate surface area is 139 Å². The lowest BCUT2D eigenvalue weighted by Gasteiger charge is -2.40. The molecule has 23 heavy (non-hydrogen) atoms. The first-order valence-electron chi connectivity index (χ1n) is 9.54. The van der Waals surface area contributed by atoms with E-state index >= 15 is 0 Å². The molecule has 1 amide bonds. The second-order valence-corrected chi connectivity index (χ2v) is 8.20. The molecule has 3 atom stereocenters. The number of amides is 1. The lowest BCUT2D eigenvalue weighted by Crippen LogP contribution is -2.47. The van der Waals surface area contributed by atoms with E-state index in [-0.39, 0.29) is 17.4 Å². The summed E-state index contributed by atoms with van der Waals surface area (Å²) in [6, 6.07) is 0.780. The first-order valence-corrected chi connectivity index (χ1v) is 9.54. The van der Waals surface area contributed by atoms with Gasteiger partial charge in [-0.3, -0.25) is 9.69 Å². The maximum atomic E-state index is 11.5. The van der Waals surface area contributed by atoms with E-state index in [0.717, 1.165) is 63.6 Å². The number of carbonyl (C=O) groups excluding carboxylic acids is 1. The topological polar surface area (TPSA) is 67.6 Å². The molecule has 1 spiro atoms. The average molecular weight is 321 g/mol. The number of piperidine rings is 1. The number of nitrogens with zero attached hydrogens (tertiary/aromatic N) is 1. The van der Waals surface area contributed by atoms with E-state index in [1.807, 2.05) is 0 Å². The molecule has 0 bridgehead atoms. The molecule has 2 saturated heterocycles. The van der Waals surface area contributed by atoms with E-state index in [1.54, 1.807) is 0 Å². The molecular formula is C18H31N3O2. The Kier molecular flexibility index (Phi) is 4.37. The maximum Gasteiger partial charge on any atom is 0.220 e.